The van der Waals surface area contributed by atoms with Gasteiger partial charge in [0.2, 0.25) is 0 Å². The molecule has 0 amide bonds. The third-order valence-corrected chi connectivity index (χ3v) is 3.20. The van der Waals surface area contributed by atoms with E-state index in [9.17, 15) is 9.90 Å². The molecule has 0 saturated heterocycles. The first kappa shape index (κ1) is 14.1. The van der Waals surface area contributed by atoms with Crippen molar-refractivity contribution in [1.82, 2.24) is 0 Å². The minimum absolute atomic E-state index is 0.143. The Kier molecular flexibility index (Phi) is 4.05. The van der Waals surface area contributed by atoms with Crippen LogP contribution >= 0.6 is 0 Å². The van der Waals surface area contributed by atoms with Gasteiger partial charge < -0.3 is 15.6 Å². The number of ketones is 1. The SMILES string of the molecule is COc1cc(CN)c(-c2ccccc2)c(C(C)=O)c1O. The Hall–Kier alpha value is -2.33. The lowest BCUT2D eigenvalue weighted by molar-refractivity contribution is 0.101. The fourth-order valence-corrected chi connectivity index (χ4v) is 2.29. The van der Waals surface area contributed by atoms with Crippen molar-refractivity contribution < 1.29 is 14.6 Å². The van der Waals surface area contributed by atoms with E-state index in [0.717, 1.165) is 11.1 Å². The van der Waals surface area contributed by atoms with Gasteiger partial charge in [0.25, 0.3) is 0 Å². The summed E-state index contributed by atoms with van der Waals surface area (Å²) in [6.45, 7) is 1.67. The van der Waals surface area contributed by atoms with Gasteiger partial charge in [-0.3, -0.25) is 4.79 Å². The zero-order valence-electron chi connectivity index (χ0n) is 11.5. The van der Waals surface area contributed by atoms with Crippen molar-refractivity contribution in [2.24, 2.45) is 5.73 Å². The second kappa shape index (κ2) is 5.75. The van der Waals surface area contributed by atoms with E-state index in [0.29, 0.717) is 5.56 Å². The average Bonchev–Trinajstić information content (AvgIpc) is 2.47. The largest absolute Gasteiger partial charge is 0.504 e. The number of phenols is 1. The highest BCUT2D eigenvalue weighted by atomic mass is 16.5. The molecule has 0 spiro atoms. The van der Waals surface area contributed by atoms with Gasteiger partial charge in [0.15, 0.2) is 17.3 Å². The smallest absolute Gasteiger partial charge is 0.169 e. The Balaban J connectivity index is 2.84. The van der Waals surface area contributed by atoms with Crippen LogP contribution in [0.5, 0.6) is 11.5 Å². The van der Waals surface area contributed by atoms with Gasteiger partial charge in [-0.1, -0.05) is 30.3 Å². The van der Waals surface area contributed by atoms with Crippen LogP contribution in [-0.2, 0) is 6.54 Å². The molecule has 0 atom stereocenters. The molecule has 2 aromatic rings. The highest BCUT2D eigenvalue weighted by molar-refractivity contribution is 6.05. The molecule has 0 aliphatic rings. The quantitative estimate of drug-likeness (QED) is 0.839. The lowest BCUT2D eigenvalue weighted by atomic mass is 9.91. The lowest BCUT2D eigenvalue weighted by Crippen LogP contribution is -2.06. The molecule has 4 nitrogen and oxygen atoms in total. The summed E-state index contributed by atoms with van der Waals surface area (Å²) in [5.74, 6) is -0.110. The van der Waals surface area contributed by atoms with Crippen molar-refractivity contribution in [3.05, 3.63) is 47.5 Å². The van der Waals surface area contributed by atoms with Crippen LogP contribution in [0.25, 0.3) is 11.1 Å². The minimum Gasteiger partial charge on any atom is -0.504 e. The number of hydrogen-bond donors (Lipinski definition) is 2. The van der Waals surface area contributed by atoms with Gasteiger partial charge in [-0.15, -0.1) is 0 Å². The van der Waals surface area contributed by atoms with Crippen LogP contribution in [0.2, 0.25) is 0 Å². The average molecular weight is 271 g/mol. The first-order valence-corrected chi connectivity index (χ1v) is 6.29. The van der Waals surface area contributed by atoms with Crippen LogP contribution in [0.3, 0.4) is 0 Å². The van der Waals surface area contributed by atoms with Crippen molar-refractivity contribution >= 4 is 5.78 Å². The predicted molar refractivity (Wildman–Crippen MR) is 78.0 cm³/mol. The fraction of sp³-hybridized carbons (Fsp3) is 0.188. The van der Waals surface area contributed by atoms with E-state index >= 15 is 0 Å². The van der Waals surface area contributed by atoms with E-state index in [2.05, 4.69) is 0 Å². The second-order valence-corrected chi connectivity index (χ2v) is 4.46. The molecule has 0 aliphatic carbocycles. The normalized spacial score (nSPS) is 10.3. The van der Waals surface area contributed by atoms with Gasteiger partial charge in [-0.2, -0.15) is 0 Å². The topological polar surface area (TPSA) is 72.5 Å². The molecule has 2 aromatic carbocycles. The molecule has 3 N–H and O–H groups in total. The third-order valence-electron chi connectivity index (χ3n) is 3.20. The molecule has 0 heterocycles. The number of Topliss-reactive ketones (excluding diaryl/α,β-unsaturated/α-hetero) is 1. The number of benzene rings is 2. The lowest BCUT2D eigenvalue weighted by Gasteiger charge is -2.17. The number of hydrogen-bond acceptors (Lipinski definition) is 4. The molecule has 0 saturated carbocycles. The van der Waals surface area contributed by atoms with Gasteiger partial charge in [-0.05, 0) is 24.1 Å². The standard InChI is InChI=1S/C16H17NO3/c1-10(18)14-15(11-6-4-3-5-7-11)12(9-17)8-13(20-2)16(14)19/h3-8,19H,9,17H2,1-2H3. The molecule has 0 radical (unpaired) electrons. The zero-order valence-corrected chi connectivity index (χ0v) is 11.5. The molecule has 0 unspecified atom stereocenters. The highest BCUT2D eigenvalue weighted by Gasteiger charge is 2.21. The molecular formula is C16H17NO3. The third kappa shape index (κ3) is 2.38. The van der Waals surface area contributed by atoms with Crippen molar-refractivity contribution in [3.8, 4) is 22.6 Å². The predicted octanol–water partition coefficient (Wildman–Crippen LogP) is 2.73. The fourth-order valence-electron chi connectivity index (χ4n) is 2.29. The maximum absolute atomic E-state index is 11.9. The molecule has 4 heteroatoms. The summed E-state index contributed by atoms with van der Waals surface area (Å²) in [7, 11) is 1.45. The number of rotatable bonds is 4. The van der Waals surface area contributed by atoms with E-state index in [1.54, 1.807) is 6.07 Å². The molecular weight excluding hydrogens is 254 g/mol. The summed E-state index contributed by atoms with van der Waals surface area (Å²) in [4.78, 5) is 11.9. The number of ether oxygens (including phenoxy) is 1. The molecule has 0 aromatic heterocycles. The number of nitrogens with two attached hydrogens (primary N) is 1. The van der Waals surface area contributed by atoms with E-state index in [4.69, 9.17) is 10.5 Å². The second-order valence-electron chi connectivity index (χ2n) is 4.46. The minimum atomic E-state index is -0.227. The van der Waals surface area contributed by atoms with Gasteiger partial charge in [0.1, 0.15) is 0 Å². The van der Waals surface area contributed by atoms with Crippen LogP contribution in [-0.4, -0.2) is 18.0 Å². The molecule has 0 bridgehead atoms. The van der Waals surface area contributed by atoms with Crippen LogP contribution in [0.15, 0.2) is 36.4 Å². The van der Waals surface area contributed by atoms with Crippen LogP contribution in [0, 0.1) is 0 Å². The number of carbonyl (C=O) groups is 1. The summed E-state index contributed by atoms with van der Waals surface area (Å²) >= 11 is 0. The van der Waals surface area contributed by atoms with Crippen molar-refractivity contribution in [2.45, 2.75) is 13.5 Å². The van der Waals surface area contributed by atoms with E-state index in [1.165, 1.54) is 14.0 Å². The Morgan fingerprint density at radius 1 is 1.30 bits per heavy atom. The molecule has 20 heavy (non-hydrogen) atoms. The summed E-state index contributed by atoms with van der Waals surface area (Å²) in [5.41, 5.74) is 8.30. The van der Waals surface area contributed by atoms with Gasteiger partial charge >= 0.3 is 0 Å². The van der Waals surface area contributed by atoms with E-state index in [-0.39, 0.29) is 29.4 Å². The summed E-state index contributed by atoms with van der Waals surface area (Å²) in [6.07, 6.45) is 0. The first-order valence-electron chi connectivity index (χ1n) is 6.29. The Bertz CT molecular complexity index is 636. The van der Waals surface area contributed by atoms with Crippen molar-refractivity contribution in [3.63, 3.8) is 0 Å². The Morgan fingerprint density at radius 2 is 1.95 bits per heavy atom. The van der Waals surface area contributed by atoms with Crippen LogP contribution < -0.4 is 10.5 Å². The van der Waals surface area contributed by atoms with Gasteiger partial charge in [0, 0.05) is 12.1 Å². The molecule has 104 valence electrons. The van der Waals surface area contributed by atoms with Crippen LogP contribution in [0.1, 0.15) is 22.8 Å². The number of carbonyl (C=O) groups excluding carboxylic acids is 1. The first-order chi connectivity index (χ1) is 9.60. The van der Waals surface area contributed by atoms with Crippen LogP contribution in [0.4, 0.5) is 0 Å². The monoisotopic (exact) mass is 271 g/mol. The van der Waals surface area contributed by atoms with Gasteiger partial charge in [-0.25, -0.2) is 0 Å². The molecule has 0 aliphatic heterocycles. The molecule has 0 fully saturated rings. The van der Waals surface area contributed by atoms with E-state index in [1.807, 2.05) is 30.3 Å². The summed E-state index contributed by atoms with van der Waals surface area (Å²) in [5, 5.41) is 10.2. The molecule has 2 rings (SSSR count). The summed E-state index contributed by atoms with van der Waals surface area (Å²) in [6, 6.07) is 11.1. The van der Waals surface area contributed by atoms with Crippen molar-refractivity contribution in [1.29, 1.82) is 0 Å². The van der Waals surface area contributed by atoms with Gasteiger partial charge in [0.05, 0.1) is 12.7 Å². The highest BCUT2D eigenvalue weighted by Crippen LogP contribution is 2.40. The number of phenolic OH excluding ortho intramolecular Hbond substituents is 1. The van der Waals surface area contributed by atoms with Crippen molar-refractivity contribution in [2.75, 3.05) is 7.11 Å². The number of methoxy groups -OCH3 is 1. The number of aromatic hydroxyl groups is 1. The zero-order chi connectivity index (χ0) is 14.7. The van der Waals surface area contributed by atoms with E-state index < -0.39 is 0 Å². The Morgan fingerprint density at radius 3 is 2.45 bits per heavy atom. The Labute approximate surface area is 117 Å². The maximum atomic E-state index is 11.9. The maximum Gasteiger partial charge on any atom is 0.169 e. The summed E-state index contributed by atoms with van der Waals surface area (Å²) < 4.78 is 5.11.